The van der Waals surface area contributed by atoms with Gasteiger partial charge < -0.3 is 9.64 Å². The van der Waals surface area contributed by atoms with Crippen LogP contribution in [0.3, 0.4) is 0 Å². The number of carbonyl (C=O) groups is 1. The zero-order valence-corrected chi connectivity index (χ0v) is 12.9. The summed E-state index contributed by atoms with van der Waals surface area (Å²) in [5.74, 6) is -0.120. The maximum Gasteiger partial charge on any atom is 0.257 e. The molecule has 0 unspecified atom stereocenters. The summed E-state index contributed by atoms with van der Waals surface area (Å²) in [6.45, 7) is 1.20. The van der Waals surface area contributed by atoms with Crippen LogP contribution in [-0.2, 0) is 0 Å². The minimum absolute atomic E-state index is 0.154. The number of aromatic nitrogens is 2. The topological polar surface area (TPSA) is 55.3 Å². The Morgan fingerprint density at radius 2 is 2.26 bits per heavy atom. The molecule has 1 saturated heterocycles. The Hall–Kier alpha value is -2.50. The van der Waals surface area contributed by atoms with E-state index in [-0.39, 0.29) is 17.4 Å². The first-order valence-electron chi connectivity index (χ1n) is 7.57. The maximum atomic E-state index is 13.5. The Labute approximate surface area is 134 Å². The number of hydrogen-bond acceptors (Lipinski definition) is 4. The van der Waals surface area contributed by atoms with E-state index in [0.29, 0.717) is 18.8 Å². The van der Waals surface area contributed by atoms with Gasteiger partial charge in [-0.1, -0.05) is 0 Å². The Bertz CT molecular complexity index is 693. The number of methoxy groups -OCH3 is 1. The van der Waals surface area contributed by atoms with Crippen LogP contribution < -0.4 is 4.74 Å². The van der Waals surface area contributed by atoms with E-state index in [2.05, 4.69) is 9.97 Å². The molecule has 2 aromatic rings. The van der Waals surface area contributed by atoms with Gasteiger partial charge in [0, 0.05) is 37.6 Å². The molecule has 2 heterocycles. The maximum absolute atomic E-state index is 13.5. The molecule has 1 fully saturated rings. The quantitative estimate of drug-likeness (QED) is 0.874. The van der Waals surface area contributed by atoms with Crippen molar-refractivity contribution in [1.82, 2.24) is 14.9 Å². The SMILES string of the molecule is COc1ccc(F)cc1C(=O)N1CCC[C@H](c2cnccn2)C1. The van der Waals surface area contributed by atoms with Gasteiger partial charge in [-0.2, -0.15) is 0 Å². The Balaban J connectivity index is 1.81. The first-order chi connectivity index (χ1) is 11.2. The first-order valence-corrected chi connectivity index (χ1v) is 7.57. The molecule has 0 aliphatic carbocycles. The monoisotopic (exact) mass is 315 g/mol. The van der Waals surface area contributed by atoms with Gasteiger partial charge >= 0.3 is 0 Å². The van der Waals surface area contributed by atoms with Crippen molar-refractivity contribution < 1.29 is 13.9 Å². The van der Waals surface area contributed by atoms with Gasteiger partial charge in [-0.3, -0.25) is 14.8 Å². The largest absolute Gasteiger partial charge is 0.496 e. The summed E-state index contributed by atoms with van der Waals surface area (Å²) in [4.78, 5) is 22.9. The molecule has 1 amide bonds. The van der Waals surface area contributed by atoms with Gasteiger partial charge in [0.1, 0.15) is 11.6 Å². The van der Waals surface area contributed by atoms with Gasteiger partial charge in [0.15, 0.2) is 0 Å². The average Bonchev–Trinajstić information content (AvgIpc) is 2.62. The molecule has 3 rings (SSSR count). The van der Waals surface area contributed by atoms with Crippen LogP contribution >= 0.6 is 0 Å². The fourth-order valence-corrected chi connectivity index (χ4v) is 2.94. The van der Waals surface area contributed by atoms with Gasteiger partial charge in [-0.25, -0.2) is 4.39 Å². The molecule has 1 aromatic heterocycles. The Morgan fingerprint density at radius 1 is 1.39 bits per heavy atom. The lowest BCUT2D eigenvalue weighted by Gasteiger charge is -2.32. The van der Waals surface area contributed by atoms with Crippen molar-refractivity contribution in [2.24, 2.45) is 0 Å². The van der Waals surface area contributed by atoms with Crippen LogP contribution in [-0.4, -0.2) is 41.0 Å². The lowest BCUT2D eigenvalue weighted by Crippen LogP contribution is -2.39. The minimum atomic E-state index is -0.448. The van der Waals surface area contributed by atoms with Crippen LogP contribution in [0.4, 0.5) is 4.39 Å². The highest BCUT2D eigenvalue weighted by Gasteiger charge is 2.28. The molecule has 1 aromatic carbocycles. The fourth-order valence-electron chi connectivity index (χ4n) is 2.94. The number of rotatable bonds is 3. The van der Waals surface area contributed by atoms with E-state index in [1.54, 1.807) is 23.5 Å². The van der Waals surface area contributed by atoms with Crippen molar-refractivity contribution in [2.45, 2.75) is 18.8 Å². The average molecular weight is 315 g/mol. The normalized spacial score (nSPS) is 17.8. The molecular weight excluding hydrogens is 297 g/mol. The molecule has 1 atom stereocenters. The standard InChI is InChI=1S/C17H18FN3O2/c1-23-16-5-4-13(18)9-14(16)17(22)21-8-2-3-12(11-21)15-10-19-6-7-20-15/h4-7,9-10,12H,2-3,8,11H2,1H3/t12-/m0/s1. The Morgan fingerprint density at radius 3 is 3.00 bits per heavy atom. The van der Waals surface area contributed by atoms with Crippen molar-refractivity contribution in [2.75, 3.05) is 20.2 Å². The van der Waals surface area contributed by atoms with Crippen molar-refractivity contribution in [3.63, 3.8) is 0 Å². The summed E-state index contributed by atoms with van der Waals surface area (Å²) in [7, 11) is 1.47. The Kier molecular flexibility index (Phi) is 4.50. The number of halogens is 1. The fraction of sp³-hybridized carbons (Fsp3) is 0.353. The predicted octanol–water partition coefficient (Wildman–Crippen LogP) is 2.64. The second-order valence-electron chi connectivity index (χ2n) is 5.57. The number of hydrogen-bond donors (Lipinski definition) is 0. The molecule has 120 valence electrons. The second kappa shape index (κ2) is 6.73. The van der Waals surface area contributed by atoms with Crippen LogP contribution in [0.2, 0.25) is 0 Å². The highest BCUT2D eigenvalue weighted by molar-refractivity contribution is 5.97. The molecule has 0 saturated carbocycles. The lowest BCUT2D eigenvalue weighted by atomic mass is 9.94. The van der Waals surface area contributed by atoms with Crippen LogP contribution in [0.1, 0.15) is 34.8 Å². The second-order valence-corrected chi connectivity index (χ2v) is 5.57. The molecule has 0 N–H and O–H groups in total. The predicted molar refractivity (Wildman–Crippen MR) is 82.9 cm³/mol. The van der Waals surface area contributed by atoms with Crippen molar-refractivity contribution in [3.05, 3.63) is 53.9 Å². The van der Waals surface area contributed by atoms with E-state index in [1.165, 1.54) is 25.3 Å². The number of nitrogens with zero attached hydrogens (tertiary/aromatic N) is 3. The molecule has 0 radical (unpaired) electrons. The van der Waals surface area contributed by atoms with Crippen LogP contribution in [0.5, 0.6) is 5.75 Å². The highest BCUT2D eigenvalue weighted by atomic mass is 19.1. The molecule has 23 heavy (non-hydrogen) atoms. The van der Waals surface area contributed by atoms with E-state index >= 15 is 0 Å². The van der Waals surface area contributed by atoms with E-state index in [4.69, 9.17) is 4.74 Å². The summed E-state index contributed by atoms with van der Waals surface area (Å²) < 4.78 is 18.7. The molecule has 1 aliphatic heterocycles. The zero-order chi connectivity index (χ0) is 16.2. The summed E-state index contributed by atoms with van der Waals surface area (Å²) >= 11 is 0. The van der Waals surface area contributed by atoms with Crippen molar-refractivity contribution in [3.8, 4) is 5.75 Å². The minimum Gasteiger partial charge on any atom is -0.496 e. The van der Waals surface area contributed by atoms with E-state index in [1.807, 2.05) is 0 Å². The molecule has 5 nitrogen and oxygen atoms in total. The third-order valence-electron chi connectivity index (χ3n) is 4.10. The zero-order valence-electron chi connectivity index (χ0n) is 12.9. The van der Waals surface area contributed by atoms with E-state index in [0.717, 1.165) is 18.5 Å². The van der Waals surface area contributed by atoms with Gasteiger partial charge in [0.05, 0.1) is 18.4 Å². The third kappa shape index (κ3) is 3.31. The van der Waals surface area contributed by atoms with Gasteiger partial charge in [0.25, 0.3) is 5.91 Å². The number of carbonyl (C=O) groups excluding carboxylic acids is 1. The van der Waals surface area contributed by atoms with Gasteiger partial charge in [-0.15, -0.1) is 0 Å². The molecule has 0 spiro atoms. The summed E-state index contributed by atoms with van der Waals surface area (Å²) in [6.07, 6.45) is 6.87. The van der Waals surface area contributed by atoms with Gasteiger partial charge in [-0.05, 0) is 31.0 Å². The molecular formula is C17H18FN3O2. The molecule has 1 aliphatic rings. The van der Waals surface area contributed by atoms with E-state index < -0.39 is 5.82 Å². The summed E-state index contributed by atoms with van der Waals surface area (Å²) in [6, 6.07) is 3.99. The third-order valence-corrected chi connectivity index (χ3v) is 4.10. The van der Waals surface area contributed by atoms with Crippen LogP contribution in [0.25, 0.3) is 0 Å². The summed E-state index contributed by atoms with van der Waals surface area (Å²) in [5, 5.41) is 0. The number of likely N-dealkylation sites (tertiary alicyclic amines) is 1. The first kappa shape index (κ1) is 15.4. The molecule has 0 bridgehead atoms. The van der Waals surface area contributed by atoms with Crippen LogP contribution in [0, 0.1) is 5.82 Å². The number of ether oxygens (including phenoxy) is 1. The van der Waals surface area contributed by atoms with Crippen molar-refractivity contribution in [1.29, 1.82) is 0 Å². The number of benzene rings is 1. The number of piperidine rings is 1. The van der Waals surface area contributed by atoms with Crippen LogP contribution in [0.15, 0.2) is 36.8 Å². The van der Waals surface area contributed by atoms with Crippen molar-refractivity contribution >= 4 is 5.91 Å². The molecule has 6 heteroatoms. The van der Waals surface area contributed by atoms with Gasteiger partial charge in [0.2, 0.25) is 0 Å². The lowest BCUT2D eigenvalue weighted by molar-refractivity contribution is 0.0702. The highest BCUT2D eigenvalue weighted by Crippen LogP contribution is 2.28. The van der Waals surface area contributed by atoms with E-state index in [9.17, 15) is 9.18 Å². The smallest absolute Gasteiger partial charge is 0.257 e. The number of amides is 1. The summed E-state index contributed by atoms with van der Waals surface area (Å²) in [5.41, 5.74) is 1.14.